The van der Waals surface area contributed by atoms with Crippen molar-refractivity contribution < 1.29 is 27.8 Å². The van der Waals surface area contributed by atoms with E-state index in [1.54, 1.807) is 23.6 Å². The summed E-state index contributed by atoms with van der Waals surface area (Å²) in [5, 5.41) is 4.64. The van der Waals surface area contributed by atoms with Gasteiger partial charge in [-0.2, -0.15) is 8.78 Å². The zero-order chi connectivity index (χ0) is 23.3. The molecule has 1 amide bonds. The normalized spacial score (nSPS) is 10.8. The third-order valence-corrected chi connectivity index (χ3v) is 5.28. The number of anilines is 1. The first-order valence-corrected chi connectivity index (χ1v) is 11.1. The molecule has 0 unspecified atom stereocenters. The number of nitrogens with one attached hydrogen (secondary N) is 1. The van der Waals surface area contributed by atoms with Crippen LogP contribution in [0.5, 0.6) is 17.2 Å². The van der Waals surface area contributed by atoms with E-state index in [1.807, 2.05) is 13.8 Å². The molecule has 170 valence electrons. The van der Waals surface area contributed by atoms with Gasteiger partial charge < -0.3 is 14.2 Å². The summed E-state index contributed by atoms with van der Waals surface area (Å²) in [6, 6.07) is 7.53. The van der Waals surface area contributed by atoms with E-state index in [1.165, 1.54) is 12.1 Å². The smallest absolute Gasteiger partial charge is 0.387 e. The second-order valence-electron chi connectivity index (χ2n) is 6.16. The predicted molar refractivity (Wildman–Crippen MR) is 121 cm³/mol. The minimum Gasteiger partial charge on any atom is -0.490 e. The van der Waals surface area contributed by atoms with Crippen molar-refractivity contribution in [2.45, 2.75) is 20.5 Å². The van der Waals surface area contributed by atoms with Crippen LogP contribution in [0.25, 0.3) is 11.3 Å². The Bertz CT molecular complexity index is 1110. The Hall–Kier alpha value is -2.62. The van der Waals surface area contributed by atoms with Gasteiger partial charge in [-0.25, -0.2) is 4.98 Å². The zero-order valence-corrected chi connectivity index (χ0v) is 19.3. The van der Waals surface area contributed by atoms with Crippen LogP contribution in [0.1, 0.15) is 24.2 Å². The highest BCUT2D eigenvalue weighted by atomic mass is 35.5. The highest BCUT2D eigenvalue weighted by Crippen LogP contribution is 2.40. The molecule has 2 aromatic carbocycles. The van der Waals surface area contributed by atoms with Gasteiger partial charge in [0.2, 0.25) is 0 Å². The Morgan fingerprint density at radius 1 is 1.12 bits per heavy atom. The lowest BCUT2D eigenvalue weighted by atomic mass is 10.1. The van der Waals surface area contributed by atoms with Crippen LogP contribution in [0.2, 0.25) is 10.0 Å². The van der Waals surface area contributed by atoms with Gasteiger partial charge in [-0.05, 0) is 44.2 Å². The van der Waals surface area contributed by atoms with Gasteiger partial charge in [-0.15, -0.1) is 11.3 Å². The average molecular weight is 503 g/mol. The number of halogens is 4. The second kappa shape index (κ2) is 10.8. The molecule has 11 heteroatoms. The molecule has 0 atom stereocenters. The number of amides is 1. The molecule has 0 aliphatic heterocycles. The summed E-state index contributed by atoms with van der Waals surface area (Å²) < 4.78 is 41.2. The molecule has 3 rings (SSSR count). The Balaban J connectivity index is 1.84. The maximum Gasteiger partial charge on any atom is 0.387 e. The summed E-state index contributed by atoms with van der Waals surface area (Å²) in [5.41, 5.74) is 0.785. The fourth-order valence-electron chi connectivity index (χ4n) is 2.78. The summed E-state index contributed by atoms with van der Waals surface area (Å²) in [6.45, 7) is 1.46. The van der Waals surface area contributed by atoms with Gasteiger partial charge in [0.05, 0.1) is 23.9 Å². The monoisotopic (exact) mass is 502 g/mol. The van der Waals surface area contributed by atoms with Crippen LogP contribution in [0.3, 0.4) is 0 Å². The highest BCUT2D eigenvalue weighted by Gasteiger charge is 2.20. The molecule has 0 bridgehead atoms. The lowest BCUT2D eigenvalue weighted by Gasteiger charge is -2.12. The van der Waals surface area contributed by atoms with Gasteiger partial charge in [0.1, 0.15) is 0 Å². The molecule has 0 saturated carbocycles. The Morgan fingerprint density at radius 3 is 2.53 bits per heavy atom. The van der Waals surface area contributed by atoms with Gasteiger partial charge in [0, 0.05) is 21.5 Å². The van der Waals surface area contributed by atoms with Gasteiger partial charge >= 0.3 is 6.61 Å². The largest absolute Gasteiger partial charge is 0.490 e. The number of hydrogen-bond acceptors (Lipinski definition) is 6. The number of alkyl halides is 2. The number of thiazole rings is 1. The number of ether oxygens (including phenoxy) is 3. The third-order valence-electron chi connectivity index (χ3n) is 4.02. The zero-order valence-electron chi connectivity index (χ0n) is 17.0. The molecule has 0 aliphatic rings. The molecule has 32 heavy (non-hydrogen) atoms. The standard InChI is InChI=1S/C21H18Cl2F2N2O4S/c1-3-29-16-6-5-11(7-17(16)30-4-2)19(28)27-21-26-15(10-32-21)13-8-12(22)9-14(23)18(13)31-20(24)25/h5-10,20H,3-4H2,1-2H3,(H,26,27,28). The topological polar surface area (TPSA) is 69.7 Å². The van der Waals surface area contributed by atoms with E-state index in [4.69, 9.17) is 32.7 Å². The number of aromatic nitrogens is 1. The summed E-state index contributed by atoms with van der Waals surface area (Å²) >= 11 is 13.1. The van der Waals surface area contributed by atoms with E-state index in [0.29, 0.717) is 30.3 Å². The first-order valence-electron chi connectivity index (χ1n) is 9.43. The average Bonchev–Trinajstić information content (AvgIpc) is 3.19. The van der Waals surface area contributed by atoms with Crippen molar-refractivity contribution >= 4 is 45.6 Å². The van der Waals surface area contributed by atoms with Crippen molar-refractivity contribution in [3.05, 3.63) is 51.3 Å². The van der Waals surface area contributed by atoms with Crippen LogP contribution in [0.4, 0.5) is 13.9 Å². The molecule has 0 aliphatic carbocycles. The second-order valence-corrected chi connectivity index (χ2v) is 7.86. The number of carbonyl (C=O) groups excluding carboxylic acids is 1. The van der Waals surface area contributed by atoms with Crippen LogP contribution in [0.15, 0.2) is 35.7 Å². The molecule has 1 heterocycles. The first-order chi connectivity index (χ1) is 15.3. The van der Waals surface area contributed by atoms with Gasteiger partial charge in [0.25, 0.3) is 5.91 Å². The maximum atomic E-state index is 12.8. The Kier molecular flexibility index (Phi) is 8.11. The van der Waals surface area contributed by atoms with Crippen LogP contribution >= 0.6 is 34.5 Å². The van der Waals surface area contributed by atoms with Crippen LogP contribution in [-0.4, -0.2) is 30.7 Å². The lowest BCUT2D eigenvalue weighted by molar-refractivity contribution is -0.0494. The van der Waals surface area contributed by atoms with Crippen molar-refractivity contribution in [2.75, 3.05) is 18.5 Å². The molecule has 3 aromatic rings. The lowest BCUT2D eigenvalue weighted by Crippen LogP contribution is -2.12. The fourth-order valence-corrected chi connectivity index (χ4v) is 4.02. The molecular formula is C21H18Cl2F2N2O4S. The minimum absolute atomic E-state index is 0.0794. The predicted octanol–water partition coefficient (Wildman–Crippen LogP) is 6.77. The third kappa shape index (κ3) is 5.79. The van der Waals surface area contributed by atoms with Crippen LogP contribution in [-0.2, 0) is 0 Å². The first kappa shape index (κ1) is 24.0. The minimum atomic E-state index is -3.08. The summed E-state index contributed by atoms with van der Waals surface area (Å²) in [4.78, 5) is 17.0. The van der Waals surface area contributed by atoms with Crippen molar-refractivity contribution in [3.63, 3.8) is 0 Å². The van der Waals surface area contributed by atoms with Crippen molar-refractivity contribution in [1.82, 2.24) is 4.98 Å². The molecule has 6 nitrogen and oxygen atoms in total. The van der Waals surface area contributed by atoms with E-state index >= 15 is 0 Å². The highest BCUT2D eigenvalue weighted by molar-refractivity contribution is 7.14. The molecule has 0 saturated heterocycles. The number of rotatable bonds is 9. The van der Waals surface area contributed by atoms with Crippen molar-refractivity contribution in [1.29, 1.82) is 0 Å². The van der Waals surface area contributed by atoms with E-state index in [2.05, 4.69) is 15.0 Å². The molecule has 0 fully saturated rings. The molecule has 1 aromatic heterocycles. The molecule has 0 spiro atoms. The number of nitrogens with zero attached hydrogens (tertiary/aromatic N) is 1. The Labute approximate surface area is 197 Å². The van der Waals surface area contributed by atoms with Crippen LogP contribution in [0, 0.1) is 0 Å². The summed E-state index contributed by atoms with van der Waals surface area (Å²) in [5.74, 6) is 0.307. The summed E-state index contributed by atoms with van der Waals surface area (Å²) in [6.07, 6.45) is 0. The van der Waals surface area contributed by atoms with Gasteiger partial charge in [0.15, 0.2) is 22.4 Å². The number of hydrogen-bond donors (Lipinski definition) is 1. The van der Waals surface area contributed by atoms with Crippen molar-refractivity contribution in [3.8, 4) is 28.5 Å². The van der Waals surface area contributed by atoms with Crippen LogP contribution < -0.4 is 19.5 Å². The summed E-state index contributed by atoms with van der Waals surface area (Å²) in [7, 11) is 0. The maximum absolute atomic E-state index is 12.8. The number of benzene rings is 2. The van der Waals surface area contributed by atoms with E-state index in [-0.39, 0.29) is 32.2 Å². The van der Waals surface area contributed by atoms with E-state index in [9.17, 15) is 13.6 Å². The Morgan fingerprint density at radius 2 is 1.84 bits per heavy atom. The molecule has 1 N–H and O–H groups in total. The van der Waals surface area contributed by atoms with Gasteiger partial charge in [-0.3, -0.25) is 10.1 Å². The fraction of sp³-hybridized carbons (Fsp3) is 0.238. The SMILES string of the molecule is CCOc1ccc(C(=O)Nc2nc(-c3cc(Cl)cc(Cl)c3OC(F)F)cs2)cc1OCC. The number of carbonyl (C=O) groups is 1. The molecule has 0 radical (unpaired) electrons. The molecular weight excluding hydrogens is 485 g/mol. The quantitative estimate of drug-likeness (QED) is 0.349. The van der Waals surface area contributed by atoms with Gasteiger partial charge in [-0.1, -0.05) is 23.2 Å². The van der Waals surface area contributed by atoms with E-state index < -0.39 is 12.5 Å². The van der Waals surface area contributed by atoms with Crippen molar-refractivity contribution in [2.24, 2.45) is 0 Å². The van der Waals surface area contributed by atoms with E-state index in [0.717, 1.165) is 11.3 Å².